The lowest BCUT2D eigenvalue weighted by Gasteiger charge is -1.89. The molecule has 0 aliphatic rings. The molecule has 0 fully saturated rings. The van der Waals surface area contributed by atoms with Crippen LogP contribution in [-0.2, 0) is 4.79 Å². The Morgan fingerprint density at radius 1 is 1.38 bits per heavy atom. The van der Waals surface area contributed by atoms with Crippen molar-refractivity contribution in [2.75, 3.05) is 0 Å². The predicted octanol–water partition coefficient (Wildman–Crippen LogP) is 3.18. The van der Waals surface area contributed by atoms with Crippen molar-refractivity contribution in [2.45, 2.75) is 6.92 Å². The van der Waals surface area contributed by atoms with Gasteiger partial charge in [0, 0.05) is 4.70 Å². The van der Waals surface area contributed by atoms with E-state index < -0.39 is 0 Å². The fourth-order valence-corrected chi connectivity index (χ4v) is 2.21. The molecule has 0 aliphatic heterocycles. The summed E-state index contributed by atoms with van der Waals surface area (Å²) in [6.45, 7) is 2.04. The van der Waals surface area contributed by atoms with Crippen molar-refractivity contribution in [3.8, 4) is 0 Å². The lowest BCUT2D eigenvalue weighted by Crippen LogP contribution is -1.66. The summed E-state index contributed by atoms with van der Waals surface area (Å²) in [5, 5.41) is 1.85. The number of fused-ring (bicyclic) bond motifs is 1. The van der Waals surface area contributed by atoms with Crippen LogP contribution in [0.25, 0.3) is 10.1 Å². The van der Waals surface area contributed by atoms with Gasteiger partial charge in [-0.1, -0.05) is 12.1 Å². The maximum Gasteiger partial charge on any atom is 0.241 e. The van der Waals surface area contributed by atoms with Crippen LogP contribution < -0.4 is 0 Å². The Bertz CT molecular complexity index is 495. The van der Waals surface area contributed by atoms with Crippen molar-refractivity contribution in [1.29, 1.82) is 0 Å². The summed E-state index contributed by atoms with van der Waals surface area (Å²) in [6.07, 6.45) is 1.54. The highest BCUT2D eigenvalue weighted by atomic mass is 32.1. The summed E-state index contributed by atoms with van der Waals surface area (Å²) in [5.74, 6) is 0. The molecule has 1 aromatic carbocycles. The third-order valence-corrected chi connectivity index (χ3v) is 2.81. The maximum atomic E-state index is 10.0. The monoisotopic (exact) mass is 189 g/mol. The fourth-order valence-electron chi connectivity index (χ4n) is 1.22. The molecule has 0 radical (unpaired) electrons. The van der Waals surface area contributed by atoms with E-state index >= 15 is 0 Å². The first kappa shape index (κ1) is 8.17. The Morgan fingerprint density at radius 2 is 2.23 bits per heavy atom. The molecule has 0 aliphatic carbocycles. The third kappa shape index (κ3) is 1.52. The van der Waals surface area contributed by atoms with E-state index in [1.165, 1.54) is 16.9 Å². The Hall–Kier alpha value is -1.44. The van der Waals surface area contributed by atoms with Crippen LogP contribution in [0.5, 0.6) is 0 Å². The average Bonchev–Trinajstić information content (AvgIpc) is 2.46. The zero-order valence-electron chi connectivity index (χ0n) is 7.07. The van der Waals surface area contributed by atoms with Gasteiger partial charge >= 0.3 is 0 Å². The van der Waals surface area contributed by atoms with Gasteiger partial charge in [0.1, 0.15) is 5.00 Å². The molecule has 13 heavy (non-hydrogen) atoms. The molecule has 0 unspecified atom stereocenters. The van der Waals surface area contributed by atoms with Crippen LogP contribution in [0.3, 0.4) is 0 Å². The summed E-state index contributed by atoms with van der Waals surface area (Å²) in [7, 11) is 0. The van der Waals surface area contributed by atoms with Gasteiger partial charge in [-0.25, -0.2) is 4.79 Å². The maximum absolute atomic E-state index is 10.0. The van der Waals surface area contributed by atoms with Crippen molar-refractivity contribution < 1.29 is 4.79 Å². The zero-order valence-corrected chi connectivity index (χ0v) is 7.89. The van der Waals surface area contributed by atoms with Crippen LogP contribution >= 0.6 is 11.3 Å². The van der Waals surface area contributed by atoms with Crippen molar-refractivity contribution in [3.05, 3.63) is 29.8 Å². The molecule has 3 heteroatoms. The minimum Gasteiger partial charge on any atom is -0.211 e. The molecule has 1 aromatic heterocycles. The number of hydrogen-bond acceptors (Lipinski definition) is 3. The summed E-state index contributed by atoms with van der Waals surface area (Å²) in [6, 6.07) is 8.06. The number of aryl methyl sites for hydroxylation is 1. The van der Waals surface area contributed by atoms with E-state index in [1.807, 2.05) is 25.1 Å². The molecule has 0 bridgehead atoms. The zero-order chi connectivity index (χ0) is 9.26. The van der Waals surface area contributed by atoms with Gasteiger partial charge in [0.05, 0.1) is 0 Å². The number of carbonyl (C=O) groups excluding carboxylic acids is 1. The van der Waals surface area contributed by atoms with Crippen LogP contribution in [0.4, 0.5) is 5.00 Å². The van der Waals surface area contributed by atoms with E-state index in [-0.39, 0.29) is 0 Å². The fraction of sp³-hybridized carbons (Fsp3) is 0.100. The second-order valence-corrected chi connectivity index (χ2v) is 3.89. The molecular weight excluding hydrogens is 182 g/mol. The van der Waals surface area contributed by atoms with Crippen LogP contribution in [-0.4, -0.2) is 6.08 Å². The summed E-state index contributed by atoms with van der Waals surface area (Å²) in [5.41, 5.74) is 1.22. The first-order valence-electron chi connectivity index (χ1n) is 3.87. The van der Waals surface area contributed by atoms with Crippen molar-refractivity contribution in [1.82, 2.24) is 0 Å². The second-order valence-electron chi connectivity index (χ2n) is 2.83. The summed E-state index contributed by atoms with van der Waals surface area (Å²) >= 11 is 1.51. The normalized spacial score (nSPS) is 9.92. The molecule has 0 N–H and O–H groups in total. The topological polar surface area (TPSA) is 29.4 Å². The largest absolute Gasteiger partial charge is 0.241 e. The van der Waals surface area contributed by atoms with E-state index in [2.05, 4.69) is 11.1 Å². The first-order chi connectivity index (χ1) is 6.29. The Labute approximate surface area is 79.5 Å². The minimum atomic E-state index is 0.718. The first-order valence-corrected chi connectivity index (χ1v) is 4.69. The van der Waals surface area contributed by atoms with E-state index in [0.29, 0.717) is 0 Å². The Kier molecular flexibility index (Phi) is 1.97. The molecule has 2 rings (SSSR count). The number of benzene rings is 1. The van der Waals surface area contributed by atoms with Gasteiger partial charge in [-0.05, 0) is 30.0 Å². The van der Waals surface area contributed by atoms with Gasteiger partial charge in [-0.2, -0.15) is 4.99 Å². The number of isocyanates is 1. The van der Waals surface area contributed by atoms with Crippen molar-refractivity contribution in [3.63, 3.8) is 0 Å². The van der Waals surface area contributed by atoms with Crippen LogP contribution in [0.1, 0.15) is 5.56 Å². The van der Waals surface area contributed by atoms with Crippen LogP contribution in [0, 0.1) is 6.92 Å². The van der Waals surface area contributed by atoms with E-state index in [0.717, 1.165) is 15.1 Å². The smallest absolute Gasteiger partial charge is 0.211 e. The molecule has 0 atom stereocenters. The van der Waals surface area contributed by atoms with E-state index in [1.54, 1.807) is 6.08 Å². The summed E-state index contributed by atoms with van der Waals surface area (Å²) in [4.78, 5) is 13.6. The quantitative estimate of drug-likeness (QED) is 0.500. The minimum absolute atomic E-state index is 0.718. The molecule has 64 valence electrons. The lowest BCUT2D eigenvalue weighted by molar-refractivity contribution is 0.565. The van der Waals surface area contributed by atoms with Gasteiger partial charge in [0.25, 0.3) is 0 Å². The van der Waals surface area contributed by atoms with Gasteiger partial charge in [-0.15, -0.1) is 11.3 Å². The van der Waals surface area contributed by atoms with Gasteiger partial charge in [-0.3, -0.25) is 0 Å². The van der Waals surface area contributed by atoms with E-state index in [4.69, 9.17) is 0 Å². The molecule has 0 spiro atoms. The Morgan fingerprint density at radius 3 is 3.00 bits per heavy atom. The van der Waals surface area contributed by atoms with Crippen LogP contribution in [0.2, 0.25) is 0 Å². The van der Waals surface area contributed by atoms with Crippen molar-refractivity contribution >= 4 is 32.5 Å². The SMILES string of the molecule is Cc1ccc2cc(N=C=O)sc2c1. The third-order valence-electron chi connectivity index (χ3n) is 1.82. The van der Waals surface area contributed by atoms with Gasteiger partial charge < -0.3 is 0 Å². The average molecular weight is 189 g/mol. The number of aliphatic imine (C=N–C) groups is 1. The van der Waals surface area contributed by atoms with Gasteiger partial charge in [0.2, 0.25) is 6.08 Å². The molecule has 0 amide bonds. The number of nitrogens with zero attached hydrogens (tertiary/aromatic N) is 1. The van der Waals surface area contributed by atoms with Crippen molar-refractivity contribution in [2.24, 2.45) is 4.99 Å². The molecule has 0 saturated heterocycles. The summed E-state index contributed by atoms with van der Waals surface area (Å²) < 4.78 is 1.16. The number of rotatable bonds is 1. The highest BCUT2D eigenvalue weighted by Gasteiger charge is 1.99. The molecule has 2 aromatic rings. The standard InChI is InChI=1S/C10H7NOS/c1-7-2-3-8-5-10(11-6-12)13-9(8)4-7/h2-5H,1H3. The van der Waals surface area contributed by atoms with E-state index in [9.17, 15) is 4.79 Å². The molecule has 1 heterocycles. The second kappa shape index (κ2) is 3.13. The van der Waals surface area contributed by atoms with Gasteiger partial charge in [0.15, 0.2) is 0 Å². The molecule has 2 nitrogen and oxygen atoms in total. The highest BCUT2D eigenvalue weighted by Crippen LogP contribution is 2.31. The lowest BCUT2D eigenvalue weighted by atomic mass is 10.2. The molecule has 0 saturated carbocycles. The Balaban J connectivity index is 2.68. The number of hydrogen-bond donors (Lipinski definition) is 0. The molecular formula is C10H7NOS. The highest BCUT2D eigenvalue weighted by molar-refractivity contribution is 7.22. The van der Waals surface area contributed by atoms with Crippen LogP contribution in [0.15, 0.2) is 29.3 Å². The number of thiophene rings is 1. The predicted molar refractivity (Wildman–Crippen MR) is 54.3 cm³/mol.